The number of carbonyl (C=O) groups is 1. The van der Waals surface area contributed by atoms with E-state index in [1.807, 2.05) is 31.2 Å². The number of rotatable bonds is 3. The first-order chi connectivity index (χ1) is 11.1. The molecule has 0 radical (unpaired) electrons. The molecule has 1 aromatic rings. The lowest BCUT2D eigenvalue weighted by Crippen LogP contribution is -2.50. The van der Waals surface area contributed by atoms with E-state index in [4.69, 9.17) is 0 Å². The van der Waals surface area contributed by atoms with Gasteiger partial charge in [-0.25, -0.2) is 4.79 Å². The molecule has 3 rings (SSSR count). The van der Waals surface area contributed by atoms with Crippen molar-refractivity contribution in [1.29, 1.82) is 0 Å². The Morgan fingerprint density at radius 2 is 2.00 bits per heavy atom. The predicted octanol–water partition coefficient (Wildman–Crippen LogP) is 2.49. The molecule has 2 amide bonds. The standard InChI is InChI=1S/C18H27N3O2/c1-13-4-2-5-15(12-13)20-18(23)19-14-8-10-21(11-9-14)16-6-3-7-17(16)22/h2,4-5,12,14,16-17,22H,3,6-11H2,1H3,(H2,19,20,23)/t16-,17+/m1/s1. The Morgan fingerprint density at radius 1 is 1.22 bits per heavy atom. The zero-order valence-corrected chi connectivity index (χ0v) is 13.8. The molecule has 3 N–H and O–H groups in total. The van der Waals surface area contributed by atoms with Gasteiger partial charge in [-0.3, -0.25) is 4.90 Å². The van der Waals surface area contributed by atoms with Gasteiger partial charge in [-0.2, -0.15) is 0 Å². The average Bonchev–Trinajstić information content (AvgIpc) is 2.94. The van der Waals surface area contributed by atoms with Gasteiger partial charge in [0, 0.05) is 30.9 Å². The number of aliphatic hydroxyl groups excluding tert-OH is 1. The molecule has 0 spiro atoms. The number of anilines is 1. The molecule has 0 unspecified atom stereocenters. The first-order valence-electron chi connectivity index (χ1n) is 8.68. The van der Waals surface area contributed by atoms with E-state index >= 15 is 0 Å². The minimum atomic E-state index is -0.163. The molecule has 2 aliphatic rings. The van der Waals surface area contributed by atoms with E-state index in [0.717, 1.165) is 56.4 Å². The van der Waals surface area contributed by atoms with Crippen LogP contribution in [0, 0.1) is 6.92 Å². The molecular formula is C18H27N3O2. The fraction of sp³-hybridized carbons (Fsp3) is 0.611. The van der Waals surface area contributed by atoms with Crippen molar-refractivity contribution in [2.45, 2.75) is 57.2 Å². The second kappa shape index (κ2) is 7.32. The lowest BCUT2D eigenvalue weighted by molar-refractivity contribution is 0.0537. The molecule has 2 atom stereocenters. The van der Waals surface area contributed by atoms with Crippen LogP contribution in [0.1, 0.15) is 37.7 Å². The summed E-state index contributed by atoms with van der Waals surface area (Å²) >= 11 is 0. The van der Waals surface area contributed by atoms with E-state index in [9.17, 15) is 9.90 Å². The number of benzene rings is 1. The van der Waals surface area contributed by atoms with Gasteiger partial charge in [0.25, 0.3) is 0 Å². The molecular weight excluding hydrogens is 290 g/mol. The van der Waals surface area contributed by atoms with Gasteiger partial charge in [0.2, 0.25) is 0 Å². The minimum absolute atomic E-state index is 0.130. The second-order valence-corrected chi connectivity index (χ2v) is 6.84. The molecule has 2 fully saturated rings. The van der Waals surface area contributed by atoms with Crippen molar-refractivity contribution >= 4 is 11.7 Å². The second-order valence-electron chi connectivity index (χ2n) is 6.84. The highest BCUT2D eigenvalue weighted by Crippen LogP contribution is 2.26. The molecule has 1 heterocycles. The van der Waals surface area contributed by atoms with Crippen molar-refractivity contribution < 1.29 is 9.90 Å². The molecule has 5 heteroatoms. The molecule has 0 aromatic heterocycles. The lowest BCUT2D eigenvalue weighted by Gasteiger charge is -2.37. The molecule has 1 aliphatic carbocycles. The average molecular weight is 317 g/mol. The fourth-order valence-electron chi connectivity index (χ4n) is 3.80. The molecule has 1 aromatic carbocycles. The van der Waals surface area contributed by atoms with Crippen molar-refractivity contribution in [3.05, 3.63) is 29.8 Å². The van der Waals surface area contributed by atoms with E-state index in [0.29, 0.717) is 6.04 Å². The van der Waals surface area contributed by atoms with E-state index in [1.165, 1.54) is 0 Å². The van der Waals surface area contributed by atoms with Crippen LogP contribution < -0.4 is 10.6 Å². The number of hydrogen-bond donors (Lipinski definition) is 3. The molecule has 5 nitrogen and oxygen atoms in total. The van der Waals surface area contributed by atoms with Gasteiger partial charge in [-0.05, 0) is 56.7 Å². The highest BCUT2D eigenvalue weighted by atomic mass is 16.3. The van der Waals surface area contributed by atoms with Crippen LogP contribution >= 0.6 is 0 Å². The molecule has 23 heavy (non-hydrogen) atoms. The topological polar surface area (TPSA) is 64.6 Å². The minimum Gasteiger partial charge on any atom is -0.391 e. The first-order valence-corrected chi connectivity index (χ1v) is 8.68. The Labute approximate surface area is 138 Å². The molecule has 1 aliphatic heterocycles. The van der Waals surface area contributed by atoms with Gasteiger partial charge < -0.3 is 15.7 Å². The van der Waals surface area contributed by atoms with Gasteiger partial charge in [0.1, 0.15) is 0 Å². The summed E-state index contributed by atoms with van der Waals surface area (Å²) in [6, 6.07) is 8.23. The van der Waals surface area contributed by atoms with Crippen molar-refractivity contribution in [1.82, 2.24) is 10.2 Å². The monoisotopic (exact) mass is 317 g/mol. The zero-order valence-electron chi connectivity index (χ0n) is 13.8. The van der Waals surface area contributed by atoms with Crippen LogP contribution in [0.5, 0.6) is 0 Å². The number of urea groups is 1. The third kappa shape index (κ3) is 4.24. The van der Waals surface area contributed by atoms with Gasteiger partial charge in [-0.1, -0.05) is 12.1 Å². The van der Waals surface area contributed by atoms with Crippen molar-refractivity contribution in [2.75, 3.05) is 18.4 Å². The van der Waals surface area contributed by atoms with E-state index < -0.39 is 0 Å². The molecule has 1 saturated carbocycles. The largest absolute Gasteiger partial charge is 0.391 e. The lowest BCUT2D eigenvalue weighted by atomic mass is 10.0. The summed E-state index contributed by atoms with van der Waals surface area (Å²) in [4.78, 5) is 14.5. The third-order valence-corrected chi connectivity index (χ3v) is 5.05. The van der Waals surface area contributed by atoms with Crippen LogP contribution in [0.25, 0.3) is 0 Å². The summed E-state index contributed by atoms with van der Waals surface area (Å²) in [5.74, 6) is 0. The van der Waals surface area contributed by atoms with Crippen LogP contribution in [-0.2, 0) is 0 Å². The van der Waals surface area contributed by atoms with Gasteiger partial charge >= 0.3 is 6.03 Å². The molecule has 1 saturated heterocycles. The fourth-order valence-corrected chi connectivity index (χ4v) is 3.80. The summed E-state index contributed by atoms with van der Waals surface area (Å²) in [6.45, 7) is 3.92. The first kappa shape index (κ1) is 16.3. The maximum Gasteiger partial charge on any atom is 0.319 e. The van der Waals surface area contributed by atoms with Crippen molar-refractivity contribution in [3.63, 3.8) is 0 Å². The van der Waals surface area contributed by atoms with Crippen LogP contribution in [-0.4, -0.2) is 47.3 Å². The van der Waals surface area contributed by atoms with Crippen molar-refractivity contribution in [2.24, 2.45) is 0 Å². The summed E-state index contributed by atoms with van der Waals surface area (Å²) in [6.07, 6.45) is 4.90. The Balaban J connectivity index is 1.44. The molecule has 126 valence electrons. The van der Waals surface area contributed by atoms with Crippen LogP contribution in [0.15, 0.2) is 24.3 Å². The number of aryl methyl sites for hydroxylation is 1. The maximum absolute atomic E-state index is 12.1. The number of piperidine rings is 1. The number of hydrogen-bond acceptors (Lipinski definition) is 3. The smallest absolute Gasteiger partial charge is 0.319 e. The van der Waals surface area contributed by atoms with Crippen LogP contribution in [0.3, 0.4) is 0 Å². The van der Waals surface area contributed by atoms with Gasteiger partial charge in [0.15, 0.2) is 0 Å². The van der Waals surface area contributed by atoms with Gasteiger partial charge in [-0.15, -0.1) is 0 Å². The number of amides is 2. The Kier molecular flexibility index (Phi) is 5.18. The summed E-state index contributed by atoms with van der Waals surface area (Å²) in [5.41, 5.74) is 1.96. The highest BCUT2D eigenvalue weighted by Gasteiger charge is 2.33. The zero-order chi connectivity index (χ0) is 16.2. The maximum atomic E-state index is 12.1. The Morgan fingerprint density at radius 3 is 2.65 bits per heavy atom. The summed E-state index contributed by atoms with van der Waals surface area (Å²) in [5, 5.41) is 16.0. The number of nitrogens with zero attached hydrogens (tertiary/aromatic N) is 1. The quantitative estimate of drug-likeness (QED) is 0.802. The number of likely N-dealkylation sites (tertiary alicyclic amines) is 1. The summed E-state index contributed by atoms with van der Waals surface area (Å²) in [7, 11) is 0. The normalized spacial score (nSPS) is 26.2. The van der Waals surface area contributed by atoms with Crippen LogP contribution in [0.2, 0.25) is 0 Å². The third-order valence-electron chi connectivity index (χ3n) is 5.05. The van der Waals surface area contributed by atoms with Crippen molar-refractivity contribution in [3.8, 4) is 0 Å². The van der Waals surface area contributed by atoms with E-state index in [2.05, 4.69) is 15.5 Å². The van der Waals surface area contributed by atoms with E-state index in [-0.39, 0.29) is 18.2 Å². The SMILES string of the molecule is Cc1cccc(NC(=O)NC2CCN([C@@H]3CCC[C@@H]3O)CC2)c1. The molecule has 0 bridgehead atoms. The van der Waals surface area contributed by atoms with Gasteiger partial charge in [0.05, 0.1) is 6.10 Å². The summed E-state index contributed by atoms with van der Waals surface area (Å²) < 4.78 is 0. The number of nitrogens with one attached hydrogen (secondary N) is 2. The van der Waals surface area contributed by atoms with Crippen LogP contribution in [0.4, 0.5) is 10.5 Å². The Hall–Kier alpha value is -1.59. The van der Waals surface area contributed by atoms with E-state index in [1.54, 1.807) is 0 Å². The number of aliphatic hydroxyl groups is 1. The predicted molar refractivity (Wildman–Crippen MR) is 91.6 cm³/mol. The Bertz CT molecular complexity index is 541. The number of carbonyl (C=O) groups excluding carboxylic acids is 1. The highest BCUT2D eigenvalue weighted by molar-refractivity contribution is 5.89.